The monoisotopic (exact) mass is 389 g/mol. The Morgan fingerprint density at radius 1 is 1.03 bits per heavy atom. The van der Waals surface area contributed by atoms with Crippen LogP contribution < -0.4 is 16.0 Å². The van der Waals surface area contributed by atoms with Crippen LogP contribution in [0.4, 0.5) is 10.7 Å². The summed E-state index contributed by atoms with van der Waals surface area (Å²) in [5.74, 6) is 1.09. The maximum atomic E-state index is 12.3. The topological polar surface area (TPSA) is 93.2 Å². The molecular formula is C22H23N5O2. The van der Waals surface area contributed by atoms with Gasteiger partial charge in [-0.25, -0.2) is 9.78 Å². The van der Waals surface area contributed by atoms with Gasteiger partial charge in [0.1, 0.15) is 0 Å². The molecule has 0 aliphatic carbocycles. The number of aromatic nitrogens is 2. The Bertz CT molecular complexity index is 1100. The number of nitrogens with two attached hydrogens (primary N) is 1. The zero-order valence-electron chi connectivity index (χ0n) is 16.1. The van der Waals surface area contributed by atoms with E-state index in [0.29, 0.717) is 13.0 Å². The number of hydrogen-bond donors (Lipinski definition) is 2. The van der Waals surface area contributed by atoms with Crippen LogP contribution in [-0.4, -0.2) is 34.5 Å². The molecule has 1 aromatic heterocycles. The number of imidazole rings is 1. The van der Waals surface area contributed by atoms with E-state index in [2.05, 4.69) is 14.8 Å². The Balaban J connectivity index is 1.48. The van der Waals surface area contributed by atoms with Gasteiger partial charge in [-0.1, -0.05) is 36.4 Å². The average Bonchev–Trinajstić information content (AvgIpc) is 3.11. The molecule has 7 heteroatoms. The van der Waals surface area contributed by atoms with Crippen molar-refractivity contribution in [3.63, 3.8) is 0 Å². The fraction of sp³-hybridized carbons (Fsp3) is 0.318. The van der Waals surface area contributed by atoms with Crippen LogP contribution in [0, 0.1) is 0 Å². The van der Waals surface area contributed by atoms with Crippen LogP contribution in [0.15, 0.2) is 48.5 Å². The molecule has 0 unspecified atom stereocenters. The second-order valence-electron chi connectivity index (χ2n) is 7.83. The first-order chi connectivity index (χ1) is 14.1. The number of para-hydroxylation sites is 1. The van der Waals surface area contributed by atoms with Gasteiger partial charge in [-0.15, -0.1) is 0 Å². The smallest absolute Gasteiger partial charge is 0.312 e. The van der Waals surface area contributed by atoms with Crippen molar-refractivity contribution in [2.75, 3.05) is 18.0 Å². The van der Waals surface area contributed by atoms with Crippen LogP contribution in [0.5, 0.6) is 0 Å². The summed E-state index contributed by atoms with van der Waals surface area (Å²) in [5, 5.41) is 3.01. The minimum absolute atomic E-state index is 0.182. The van der Waals surface area contributed by atoms with Crippen LogP contribution in [0.3, 0.4) is 0 Å². The van der Waals surface area contributed by atoms with Gasteiger partial charge in [-0.2, -0.15) is 0 Å². The normalized spacial score (nSPS) is 18.1. The van der Waals surface area contributed by atoms with E-state index >= 15 is 0 Å². The zero-order chi connectivity index (χ0) is 20.0. The second-order valence-corrected chi connectivity index (χ2v) is 7.83. The molecule has 2 amide bonds. The lowest BCUT2D eigenvalue weighted by Gasteiger charge is -2.42. The van der Waals surface area contributed by atoms with Crippen LogP contribution in [0.25, 0.3) is 11.0 Å². The minimum atomic E-state index is -0.507. The van der Waals surface area contributed by atoms with E-state index in [0.717, 1.165) is 54.0 Å². The Morgan fingerprint density at radius 2 is 1.79 bits per heavy atom. The van der Waals surface area contributed by atoms with Gasteiger partial charge in [0, 0.05) is 31.6 Å². The molecule has 5 rings (SSSR count). The maximum absolute atomic E-state index is 12.3. The van der Waals surface area contributed by atoms with Crippen LogP contribution in [0.2, 0.25) is 0 Å². The predicted octanol–water partition coefficient (Wildman–Crippen LogP) is 2.79. The highest BCUT2D eigenvalue weighted by molar-refractivity contribution is 6.08. The number of primary amides is 1. The lowest BCUT2D eigenvalue weighted by Crippen LogP contribution is -2.54. The van der Waals surface area contributed by atoms with Crippen molar-refractivity contribution >= 4 is 28.8 Å². The molecule has 1 fully saturated rings. The second kappa shape index (κ2) is 6.62. The molecule has 2 aromatic carbocycles. The molecule has 0 spiro atoms. The quantitative estimate of drug-likeness (QED) is 0.720. The summed E-state index contributed by atoms with van der Waals surface area (Å²) >= 11 is 0. The van der Waals surface area contributed by atoms with E-state index in [4.69, 9.17) is 10.7 Å². The van der Waals surface area contributed by atoms with E-state index in [-0.39, 0.29) is 5.78 Å². The van der Waals surface area contributed by atoms with Crippen LogP contribution >= 0.6 is 0 Å². The number of carbonyl (C=O) groups excluding carboxylic acids is 2. The summed E-state index contributed by atoms with van der Waals surface area (Å²) in [4.78, 5) is 31.1. The summed E-state index contributed by atoms with van der Waals surface area (Å²) in [7, 11) is 0. The summed E-state index contributed by atoms with van der Waals surface area (Å²) in [6.07, 6.45) is 1.96. The first-order valence-corrected chi connectivity index (χ1v) is 9.98. The van der Waals surface area contributed by atoms with Gasteiger partial charge in [0.15, 0.2) is 5.78 Å². The van der Waals surface area contributed by atoms with Gasteiger partial charge in [0.05, 0.1) is 16.6 Å². The number of piperidine rings is 1. The maximum Gasteiger partial charge on any atom is 0.312 e. The summed E-state index contributed by atoms with van der Waals surface area (Å²) < 4.78 is 2.17. The fourth-order valence-electron chi connectivity index (χ4n) is 4.77. The van der Waals surface area contributed by atoms with Crippen LogP contribution in [0.1, 0.15) is 35.2 Å². The highest BCUT2D eigenvalue weighted by atomic mass is 16.2. The molecule has 2 aliphatic rings. The van der Waals surface area contributed by atoms with Gasteiger partial charge < -0.3 is 20.5 Å². The number of nitrogens with one attached hydrogen (secondary N) is 1. The number of anilines is 1. The van der Waals surface area contributed by atoms with E-state index < -0.39 is 11.6 Å². The number of carbonyl (C=O) groups is 2. The van der Waals surface area contributed by atoms with Gasteiger partial charge in [-0.05, 0) is 30.5 Å². The van der Waals surface area contributed by atoms with Crippen molar-refractivity contribution in [1.82, 2.24) is 14.9 Å². The molecule has 0 bridgehead atoms. The van der Waals surface area contributed by atoms with Crippen molar-refractivity contribution in [3.8, 4) is 0 Å². The molecule has 0 atom stereocenters. The lowest BCUT2D eigenvalue weighted by atomic mass is 9.81. The highest BCUT2D eigenvalue weighted by Gasteiger charge is 2.38. The SMILES string of the molecule is NC(=O)NC1(c2ccccc2)CCN(c2nc3cccc4c3n2CCC4=O)CC1. The Kier molecular flexibility index (Phi) is 4.04. The van der Waals surface area contributed by atoms with E-state index in [1.165, 1.54) is 0 Å². The predicted molar refractivity (Wildman–Crippen MR) is 111 cm³/mol. The number of rotatable bonds is 3. The van der Waals surface area contributed by atoms with Crippen LogP contribution in [-0.2, 0) is 12.1 Å². The number of ketones is 1. The Hall–Kier alpha value is -3.35. The Labute approximate surface area is 168 Å². The minimum Gasteiger partial charge on any atom is -0.352 e. The van der Waals surface area contributed by atoms with Gasteiger partial charge in [-0.3, -0.25) is 4.79 Å². The fourth-order valence-corrected chi connectivity index (χ4v) is 4.77. The summed E-state index contributed by atoms with van der Waals surface area (Å²) in [5.41, 5.74) is 8.67. The third kappa shape index (κ3) is 2.85. The van der Waals surface area contributed by atoms with E-state index in [9.17, 15) is 9.59 Å². The molecule has 2 aliphatic heterocycles. The van der Waals surface area contributed by atoms with E-state index in [1.807, 2.05) is 48.5 Å². The number of hydrogen-bond acceptors (Lipinski definition) is 4. The highest BCUT2D eigenvalue weighted by Crippen LogP contribution is 2.36. The van der Waals surface area contributed by atoms with E-state index in [1.54, 1.807) is 0 Å². The average molecular weight is 389 g/mol. The molecule has 7 nitrogen and oxygen atoms in total. The van der Waals surface area contributed by atoms with Gasteiger partial charge >= 0.3 is 6.03 Å². The molecule has 0 radical (unpaired) electrons. The lowest BCUT2D eigenvalue weighted by molar-refractivity contribution is 0.0973. The number of aryl methyl sites for hydroxylation is 1. The first kappa shape index (κ1) is 17.7. The number of nitrogens with zero attached hydrogens (tertiary/aromatic N) is 3. The number of amides is 2. The largest absolute Gasteiger partial charge is 0.352 e. The first-order valence-electron chi connectivity index (χ1n) is 9.98. The van der Waals surface area contributed by atoms with Crippen molar-refractivity contribution in [2.45, 2.75) is 31.3 Å². The molecular weight excluding hydrogens is 366 g/mol. The molecule has 148 valence electrons. The van der Waals surface area contributed by atoms with Gasteiger partial charge in [0.25, 0.3) is 0 Å². The molecule has 3 N–H and O–H groups in total. The summed E-state index contributed by atoms with van der Waals surface area (Å²) in [6, 6.07) is 15.3. The number of urea groups is 1. The Morgan fingerprint density at radius 3 is 2.52 bits per heavy atom. The number of Topliss-reactive ketones (excluding diaryl/α,β-unsaturated/α-hetero) is 1. The third-order valence-electron chi connectivity index (χ3n) is 6.20. The molecule has 29 heavy (non-hydrogen) atoms. The zero-order valence-corrected chi connectivity index (χ0v) is 16.1. The van der Waals surface area contributed by atoms with Crippen molar-refractivity contribution in [1.29, 1.82) is 0 Å². The molecule has 3 heterocycles. The summed E-state index contributed by atoms with van der Waals surface area (Å²) in [6.45, 7) is 2.13. The molecule has 3 aromatic rings. The molecule has 1 saturated heterocycles. The van der Waals surface area contributed by atoms with Crippen molar-refractivity contribution in [2.24, 2.45) is 5.73 Å². The standard InChI is InChI=1S/C22H23N5O2/c23-20(29)25-22(15-5-2-1-3-6-15)10-13-26(14-11-22)21-24-17-8-4-7-16-18(28)9-12-27(21)19(16)17/h1-8H,9-14H2,(H3,23,25,29). The van der Waals surface area contributed by atoms with Crippen molar-refractivity contribution in [3.05, 3.63) is 59.7 Å². The molecule has 0 saturated carbocycles. The third-order valence-corrected chi connectivity index (χ3v) is 6.20. The van der Waals surface area contributed by atoms with Gasteiger partial charge in [0.2, 0.25) is 5.95 Å². The van der Waals surface area contributed by atoms with Crippen molar-refractivity contribution < 1.29 is 9.59 Å². The number of benzene rings is 2.